The highest BCUT2D eigenvalue weighted by atomic mass is 32.2. The van der Waals surface area contributed by atoms with E-state index in [-0.39, 0.29) is 12.2 Å². The van der Waals surface area contributed by atoms with Crippen LogP contribution in [0.5, 0.6) is 0 Å². The molecule has 2 rings (SSSR count). The lowest BCUT2D eigenvalue weighted by atomic mass is 10.1. The van der Waals surface area contributed by atoms with Crippen molar-refractivity contribution < 1.29 is 14.0 Å². The molecule has 0 saturated carbocycles. The van der Waals surface area contributed by atoms with Gasteiger partial charge in [-0.3, -0.25) is 9.56 Å². The first-order valence-corrected chi connectivity index (χ1v) is 10.4. The van der Waals surface area contributed by atoms with Gasteiger partial charge < -0.3 is 19.7 Å². The third-order valence-electron chi connectivity index (χ3n) is 3.08. The quantitative estimate of drug-likeness (QED) is 0.286. The van der Waals surface area contributed by atoms with Gasteiger partial charge in [-0.15, -0.1) is 0 Å². The number of benzene rings is 1. The fraction of sp³-hybridized carbons (Fsp3) is 0.333. The number of aromatic amines is 1. The molecule has 3 N–H and O–H groups in total. The van der Waals surface area contributed by atoms with Crippen molar-refractivity contribution in [2.24, 2.45) is 4.99 Å². The van der Waals surface area contributed by atoms with Crippen molar-refractivity contribution >= 4 is 30.6 Å². The molecule has 130 valence electrons. The molecule has 1 aromatic heterocycles. The second-order valence-electron chi connectivity index (χ2n) is 4.80. The van der Waals surface area contributed by atoms with Gasteiger partial charge in [0.05, 0.1) is 31.4 Å². The van der Waals surface area contributed by atoms with E-state index in [9.17, 15) is 9.46 Å². The van der Waals surface area contributed by atoms with Crippen LogP contribution in [0.3, 0.4) is 0 Å². The number of nitrogens with zero attached hydrogens (tertiary/aromatic N) is 2. The molecule has 0 saturated heterocycles. The molecule has 0 aliphatic carbocycles. The maximum absolute atomic E-state index is 12.3. The molecule has 0 radical (unpaired) electrons. The lowest BCUT2D eigenvalue weighted by molar-refractivity contribution is 0.286. The molecule has 1 unspecified atom stereocenters. The summed E-state index contributed by atoms with van der Waals surface area (Å²) in [5.74, 6) is 0.760. The van der Waals surface area contributed by atoms with Gasteiger partial charge in [-0.05, 0) is 30.9 Å². The molecule has 0 amide bonds. The van der Waals surface area contributed by atoms with Crippen molar-refractivity contribution in [2.75, 3.05) is 30.5 Å². The van der Waals surface area contributed by atoms with Crippen LogP contribution < -0.4 is 5.32 Å². The number of thioether (sulfide) groups is 1. The largest absolute Gasteiger partial charge is 0.393 e. The SMILES string of the molecule is CCOP(=O)(O)C(=NCCSC)Nc1ccc(-c2cnc[nH]2)cc1. The van der Waals surface area contributed by atoms with E-state index >= 15 is 0 Å². The van der Waals surface area contributed by atoms with E-state index in [1.165, 1.54) is 0 Å². The number of nitrogens with one attached hydrogen (secondary N) is 2. The van der Waals surface area contributed by atoms with Crippen molar-refractivity contribution in [1.82, 2.24) is 9.97 Å². The van der Waals surface area contributed by atoms with Gasteiger partial charge in [0.15, 0.2) is 0 Å². The first-order chi connectivity index (χ1) is 11.6. The molecule has 7 nitrogen and oxygen atoms in total. The summed E-state index contributed by atoms with van der Waals surface area (Å²) in [4.78, 5) is 21.3. The Morgan fingerprint density at radius 1 is 1.46 bits per heavy atom. The molecule has 2 aromatic rings. The zero-order chi connectivity index (χ0) is 17.4. The number of amidine groups is 1. The summed E-state index contributed by atoms with van der Waals surface area (Å²) in [5.41, 5.74) is 2.50. The van der Waals surface area contributed by atoms with E-state index < -0.39 is 7.60 Å². The summed E-state index contributed by atoms with van der Waals surface area (Å²) in [6.45, 7) is 2.24. The minimum atomic E-state index is -3.95. The minimum Gasteiger partial charge on any atom is -0.345 e. The van der Waals surface area contributed by atoms with Crippen molar-refractivity contribution in [3.8, 4) is 11.3 Å². The maximum atomic E-state index is 12.3. The number of aliphatic imine (C=N–C) groups is 1. The number of H-pyrrole nitrogens is 1. The average Bonchev–Trinajstić information content (AvgIpc) is 3.09. The van der Waals surface area contributed by atoms with Crippen molar-refractivity contribution in [3.05, 3.63) is 36.8 Å². The van der Waals surface area contributed by atoms with E-state index in [1.807, 2.05) is 30.5 Å². The van der Waals surface area contributed by atoms with Gasteiger partial charge in [0.1, 0.15) is 0 Å². The van der Waals surface area contributed by atoms with Gasteiger partial charge in [0.2, 0.25) is 5.58 Å². The van der Waals surface area contributed by atoms with E-state index in [2.05, 4.69) is 20.3 Å². The minimum absolute atomic E-state index is 0.0345. The first-order valence-electron chi connectivity index (χ1n) is 7.44. The van der Waals surface area contributed by atoms with Crippen LogP contribution in [0.2, 0.25) is 0 Å². The maximum Gasteiger partial charge on any atom is 0.393 e. The number of hydrogen-bond donors (Lipinski definition) is 3. The van der Waals surface area contributed by atoms with Gasteiger partial charge in [-0.2, -0.15) is 11.8 Å². The van der Waals surface area contributed by atoms with Crippen LogP contribution in [-0.4, -0.2) is 45.6 Å². The lowest BCUT2D eigenvalue weighted by Gasteiger charge is -2.15. The van der Waals surface area contributed by atoms with E-state index in [0.29, 0.717) is 12.2 Å². The number of aromatic nitrogens is 2. The molecular formula is C15H21N4O3PS. The molecule has 0 aliphatic heterocycles. The third-order valence-corrected chi connectivity index (χ3v) is 5.07. The molecule has 24 heavy (non-hydrogen) atoms. The highest BCUT2D eigenvalue weighted by Crippen LogP contribution is 2.43. The van der Waals surface area contributed by atoms with Gasteiger partial charge in [0, 0.05) is 11.4 Å². The van der Waals surface area contributed by atoms with Gasteiger partial charge in [-0.1, -0.05) is 12.1 Å². The average molecular weight is 368 g/mol. The summed E-state index contributed by atoms with van der Waals surface area (Å²) < 4.78 is 17.3. The van der Waals surface area contributed by atoms with E-state index in [4.69, 9.17) is 4.52 Å². The topological polar surface area (TPSA) is 99.6 Å². The van der Waals surface area contributed by atoms with E-state index in [1.54, 1.807) is 31.2 Å². The fourth-order valence-electron chi connectivity index (χ4n) is 1.95. The Morgan fingerprint density at radius 2 is 2.21 bits per heavy atom. The number of rotatable bonds is 8. The smallest absolute Gasteiger partial charge is 0.345 e. The zero-order valence-electron chi connectivity index (χ0n) is 13.6. The normalized spacial score (nSPS) is 14.4. The van der Waals surface area contributed by atoms with Crippen LogP contribution >= 0.6 is 19.4 Å². The van der Waals surface area contributed by atoms with Crippen molar-refractivity contribution in [1.29, 1.82) is 0 Å². The fourth-order valence-corrected chi connectivity index (χ4v) is 3.25. The molecule has 0 aliphatic rings. The number of imidazole rings is 1. The van der Waals surface area contributed by atoms with Gasteiger partial charge >= 0.3 is 7.60 Å². The molecule has 1 heterocycles. The molecule has 0 bridgehead atoms. The van der Waals surface area contributed by atoms with Crippen LogP contribution in [0.25, 0.3) is 11.3 Å². The Morgan fingerprint density at radius 3 is 2.79 bits per heavy atom. The lowest BCUT2D eigenvalue weighted by Crippen LogP contribution is -2.15. The number of anilines is 1. The van der Waals surface area contributed by atoms with Crippen LogP contribution in [-0.2, 0) is 9.09 Å². The standard InChI is InChI=1S/C15H21N4O3PS/c1-3-22-23(20,21)15(17-8-9-24-2)19-13-6-4-12(5-7-13)14-10-16-11-18-14/h4-7,10-11H,3,8-9H2,1-2H3,(H,16,18)(H,17,19)(H,20,21). The second-order valence-corrected chi connectivity index (χ2v) is 7.51. The highest BCUT2D eigenvalue weighted by molar-refractivity contribution is 7.98. The third kappa shape index (κ3) is 5.21. The summed E-state index contributed by atoms with van der Waals surface area (Å²) in [6.07, 6.45) is 5.30. The zero-order valence-corrected chi connectivity index (χ0v) is 15.3. The Balaban J connectivity index is 2.16. The van der Waals surface area contributed by atoms with Crippen LogP contribution in [0.15, 0.2) is 41.8 Å². The molecule has 0 fully saturated rings. The molecule has 9 heteroatoms. The summed E-state index contributed by atoms with van der Waals surface area (Å²) in [5, 5.41) is 2.91. The Kier molecular flexibility index (Phi) is 7.05. The van der Waals surface area contributed by atoms with E-state index in [0.717, 1.165) is 17.0 Å². The van der Waals surface area contributed by atoms with Gasteiger partial charge in [0.25, 0.3) is 0 Å². The Labute approximate surface area is 145 Å². The predicted octanol–water partition coefficient (Wildman–Crippen LogP) is 3.43. The highest BCUT2D eigenvalue weighted by Gasteiger charge is 2.27. The Hall–Kier alpha value is -1.60. The van der Waals surface area contributed by atoms with Crippen LogP contribution in [0.4, 0.5) is 5.69 Å². The summed E-state index contributed by atoms with van der Waals surface area (Å²) >= 11 is 1.62. The van der Waals surface area contributed by atoms with Crippen LogP contribution in [0, 0.1) is 0 Å². The molecule has 0 spiro atoms. The van der Waals surface area contributed by atoms with Crippen molar-refractivity contribution in [3.63, 3.8) is 0 Å². The monoisotopic (exact) mass is 368 g/mol. The van der Waals surface area contributed by atoms with Gasteiger partial charge in [-0.25, -0.2) is 4.98 Å². The first kappa shape index (κ1) is 18.7. The summed E-state index contributed by atoms with van der Waals surface area (Å²) in [6, 6.07) is 7.40. The Bertz CT molecular complexity index is 704. The molecule has 1 atom stereocenters. The van der Waals surface area contributed by atoms with Crippen molar-refractivity contribution in [2.45, 2.75) is 6.92 Å². The number of hydrogen-bond acceptors (Lipinski definition) is 5. The summed E-state index contributed by atoms with van der Waals surface area (Å²) in [7, 11) is -3.95. The molecular weight excluding hydrogens is 347 g/mol. The molecule has 1 aromatic carbocycles. The van der Waals surface area contributed by atoms with Crippen LogP contribution in [0.1, 0.15) is 6.92 Å². The second kappa shape index (κ2) is 9.03. The predicted molar refractivity (Wildman–Crippen MR) is 99.8 cm³/mol.